The molecule has 112 valence electrons. The molecule has 1 amide bonds. The van der Waals surface area contributed by atoms with Gasteiger partial charge in [0.1, 0.15) is 5.75 Å². The lowest BCUT2D eigenvalue weighted by molar-refractivity contribution is -0.123. The fourth-order valence-electron chi connectivity index (χ4n) is 2.12. The molecule has 1 atom stereocenters. The predicted molar refractivity (Wildman–Crippen MR) is 86.9 cm³/mol. The summed E-state index contributed by atoms with van der Waals surface area (Å²) in [5.74, 6) is 1.05. The van der Waals surface area contributed by atoms with Crippen LogP contribution in [0.3, 0.4) is 0 Å². The van der Waals surface area contributed by atoms with Gasteiger partial charge in [0.05, 0.1) is 6.04 Å². The van der Waals surface area contributed by atoms with E-state index in [-0.39, 0.29) is 18.6 Å². The summed E-state index contributed by atoms with van der Waals surface area (Å²) < 4.78 is 5.67. The molecule has 0 saturated heterocycles. The van der Waals surface area contributed by atoms with Gasteiger partial charge in [-0.15, -0.1) is 11.3 Å². The van der Waals surface area contributed by atoms with Crippen LogP contribution in [0.1, 0.15) is 43.2 Å². The predicted octanol–water partition coefficient (Wildman–Crippen LogP) is 4.13. The number of amides is 1. The number of para-hydroxylation sites is 1. The van der Waals surface area contributed by atoms with Gasteiger partial charge in [0.15, 0.2) is 6.61 Å². The number of benzene rings is 1. The fraction of sp³-hybridized carbons (Fsp3) is 0.353. The van der Waals surface area contributed by atoms with Crippen molar-refractivity contribution in [3.8, 4) is 5.75 Å². The van der Waals surface area contributed by atoms with E-state index in [0.717, 1.165) is 16.2 Å². The Morgan fingerprint density at radius 2 is 1.95 bits per heavy atom. The van der Waals surface area contributed by atoms with Crippen molar-refractivity contribution >= 4 is 17.2 Å². The van der Waals surface area contributed by atoms with Crippen molar-refractivity contribution in [2.75, 3.05) is 6.61 Å². The maximum absolute atomic E-state index is 12.0. The van der Waals surface area contributed by atoms with Gasteiger partial charge in [0.25, 0.3) is 5.91 Å². The topological polar surface area (TPSA) is 38.3 Å². The maximum atomic E-state index is 12.0. The minimum atomic E-state index is -0.102. The largest absolute Gasteiger partial charge is 0.483 e. The molecule has 1 aromatic carbocycles. The number of carbonyl (C=O) groups excluding carboxylic acids is 1. The average molecular weight is 303 g/mol. The molecule has 21 heavy (non-hydrogen) atoms. The minimum Gasteiger partial charge on any atom is -0.483 e. The molecule has 0 spiro atoms. The summed E-state index contributed by atoms with van der Waals surface area (Å²) in [6.45, 7) is 6.24. The Morgan fingerprint density at radius 3 is 2.62 bits per heavy atom. The highest BCUT2D eigenvalue weighted by molar-refractivity contribution is 7.10. The van der Waals surface area contributed by atoms with Crippen LogP contribution < -0.4 is 10.1 Å². The first-order chi connectivity index (χ1) is 10.1. The quantitative estimate of drug-likeness (QED) is 0.871. The number of nitrogens with one attached hydrogen (secondary N) is 1. The zero-order valence-electron chi connectivity index (χ0n) is 12.6. The molecule has 0 aliphatic heterocycles. The monoisotopic (exact) mass is 303 g/mol. The minimum absolute atomic E-state index is 0.0152. The van der Waals surface area contributed by atoms with Crippen LogP contribution in [0.4, 0.5) is 0 Å². The lowest BCUT2D eigenvalue weighted by atomic mass is 10.0. The molecule has 1 N–H and O–H groups in total. The lowest BCUT2D eigenvalue weighted by Crippen LogP contribution is -2.31. The third-order valence-electron chi connectivity index (χ3n) is 3.25. The molecule has 0 saturated carbocycles. The third kappa shape index (κ3) is 4.33. The molecular formula is C17H21NO2S. The van der Waals surface area contributed by atoms with Crippen LogP contribution in [0.25, 0.3) is 0 Å². The highest BCUT2D eigenvalue weighted by atomic mass is 32.1. The summed E-state index contributed by atoms with van der Waals surface area (Å²) in [6.07, 6.45) is 0. The molecule has 2 rings (SSSR count). The highest BCUT2D eigenvalue weighted by Crippen LogP contribution is 2.25. The van der Waals surface area contributed by atoms with Crippen molar-refractivity contribution in [1.29, 1.82) is 0 Å². The van der Waals surface area contributed by atoms with Gasteiger partial charge in [0.2, 0.25) is 0 Å². The Bertz CT molecular complexity index is 578. The van der Waals surface area contributed by atoms with E-state index in [2.05, 4.69) is 19.2 Å². The van der Waals surface area contributed by atoms with Crippen molar-refractivity contribution in [1.82, 2.24) is 5.32 Å². The van der Waals surface area contributed by atoms with Crippen molar-refractivity contribution in [2.24, 2.45) is 0 Å². The van der Waals surface area contributed by atoms with Crippen molar-refractivity contribution < 1.29 is 9.53 Å². The van der Waals surface area contributed by atoms with Crippen molar-refractivity contribution in [2.45, 2.75) is 32.7 Å². The first-order valence-corrected chi connectivity index (χ1v) is 8.00. The van der Waals surface area contributed by atoms with Crippen LogP contribution in [-0.2, 0) is 4.79 Å². The lowest BCUT2D eigenvalue weighted by Gasteiger charge is -2.15. The van der Waals surface area contributed by atoms with Crippen molar-refractivity contribution in [3.05, 3.63) is 52.2 Å². The number of rotatable bonds is 6. The summed E-state index contributed by atoms with van der Waals surface area (Å²) in [4.78, 5) is 13.1. The van der Waals surface area contributed by atoms with E-state index in [1.807, 2.05) is 48.7 Å². The second kappa shape index (κ2) is 7.27. The zero-order chi connectivity index (χ0) is 15.2. The summed E-state index contributed by atoms with van der Waals surface area (Å²) in [7, 11) is 0. The van der Waals surface area contributed by atoms with E-state index in [1.165, 1.54) is 0 Å². The van der Waals surface area contributed by atoms with Crippen LogP contribution in [0, 0.1) is 0 Å². The van der Waals surface area contributed by atoms with Crippen molar-refractivity contribution in [3.63, 3.8) is 0 Å². The van der Waals surface area contributed by atoms with Gasteiger partial charge in [0, 0.05) is 4.88 Å². The average Bonchev–Trinajstić information content (AvgIpc) is 2.99. The van der Waals surface area contributed by atoms with Gasteiger partial charge >= 0.3 is 0 Å². The summed E-state index contributed by atoms with van der Waals surface area (Å²) in [5, 5.41) is 4.96. The molecule has 3 nitrogen and oxygen atoms in total. The highest BCUT2D eigenvalue weighted by Gasteiger charge is 2.12. The molecule has 0 aliphatic carbocycles. The molecule has 1 aromatic heterocycles. The molecular weight excluding hydrogens is 282 g/mol. The standard InChI is InChI=1S/C17H21NO2S/c1-12(2)14-7-4-5-8-15(14)20-11-17(19)18-13(3)16-9-6-10-21-16/h4-10,12-13H,11H2,1-3H3,(H,18,19)/t13-/m1/s1. The normalized spacial score (nSPS) is 12.2. The van der Waals surface area contributed by atoms with Crippen LogP contribution in [-0.4, -0.2) is 12.5 Å². The van der Waals surface area contributed by atoms with E-state index in [4.69, 9.17) is 4.74 Å². The molecule has 0 aliphatic rings. The van der Waals surface area contributed by atoms with Gasteiger partial charge in [-0.1, -0.05) is 38.1 Å². The second-order valence-electron chi connectivity index (χ2n) is 5.29. The number of thiophene rings is 1. The van der Waals surface area contributed by atoms with E-state index in [0.29, 0.717) is 5.92 Å². The SMILES string of the molecule is CC(C)c1ccccc1OCC(=O)N[C@H](C)c1cccs1. The molecule has 0 bridgehead atoms. The molecule has 0 radical (unpaired) electrons. The van der Waals surface area contributed by atoms with Gasteiger partial charge in [-0.05, 0) is 35.9 Å². The molecule has 2 aromatic rings. The summed E-state index contributed by atoms with van der Waals surface area (Å²) in [5.41, 5.74) is 1.12. The summed E-state index contributed by atoms with van der Waals surface area (Å²) in [6, 6.07) is 11.9. The Morgan fingerprint density at radius 1 is 1.19 bits per heavy atom. The molecule has 1 heterocycles. The van der Waals surface area contributed by atoms with Gasteiger partial charge in [-0.25, -0.2) is 0 Å². The molecule has 4 heteroatoms. The first-order valence-electron chi connectivity index (χ1n) is 7.12. The van der Waals surface area contributed by atoms with Crippen LogP contribution in [0.2, 0.25) is 0 Å². The number of hydrogen-bond donors (Lipinski definition) is 1. The zero-order valence-corrected chi connectivity index (χ0v) is 13.4. The van der Waals surface area contributed by atoms with Gasteiger partial charge in [-0.3, -0.25) is 4.79 Å². The number of hydrogen-bond acceptors (Lipinski definition) is 3. The first kappa shape index (κ1) is 15.6. The van der Waals surface area contributed by atoms with Gasteiger partial charge in [-0.2, -0.15) is 0 Å². The molecule has 0 unspecified atom stereocenters. The molecule has 0 fully saturated rings. The maximum Gasteiger partial charge on any atom is 0.258 e. The van der Waals surface area contributed by atoms with E-state index in [9.17, 15) is 4.79 Å². The second-order valence-corrected chi connectivity index (χ2v) is 6.27. The van der Waals surface area contributed by atoms with Crippen LogP contribution in [0.15, 0.2) is 41.8 Å². The van der Waals surface area contributed by atoms with Crippen LogP contribution >= 0.6 is 11.3 Å². The smallest absolute Gasteiger partial charge is 0.258 e. The fourth-order valence-corrected chi connectivity index (χ4v) is 2.86. The summed E-state index contributed by atoms with van der Waals surface area (Å²) >= 11 is 1.64. The Hall–Kier alpha value is -1.81. The Balaban J connectivity index is 1.90. The van der Waals surface area contributed by atoms with Gasteiger partial charge < -0.3 is 10.1 Å². The Labute approximate surface area is 130 Å². The van der Waals surface area contributed by atoms with E-state index >= 15 is 0 Å². The number of carbonyl (C=O) groups is 1. The Kier molecular flexibility index (Phi) is 5.39. The van der Waals surface area contributed by atoms with E-state index in [1.54, 1.807) is 11.3 Å². The number of ether oxygens (including phenoxy) is 1. The van der Waals surface area contributed by atoms with Crippen LogP contribution in [0.5, 0.6) is 5.75 Å². The third-order valence-corrected chi connectivity index (χ3v) is 4.30. The van der Waals surface area contributed by atoms with E-state index < -0.39 is 0 Å².